The van der Waals surface area contributed by atoms with E-state index in [2.05, 4.69) is 26.2 Å². The summed E-state index contributed by atoms with van der Waals surface area (Å²) in [5.74, 6) is 0.766. The van der Waals surface area contributed by atoms with Crippen molar-refractivity contribution >= 4 is 27.8 Å². The van der Waals surface area contributed by atoms with Gasteiger partial charge in [0, 0.05) is 29.3 Å². The van der Waals surface area contributed by atoms with Crippen LogP contribution in [0.1, 0.15) is 5.56 Å². The average molecular weight is 272 g/mol. The van der Waals surface area contributed by atoms with Crippen LogP contribution in [0, 0.1) is 0 Å². The lowest BCUT2D eigenvalue weighted by atomic mass is 10.2. The number of rotatable bonds is 0. The highest BCUT2D eigenvalue weighted by Gasteiger charge is 2.18. The molecule has 1 aromatic rings. The smallest absolute Gasteiger partial charge is 0.407 e. The van der Waals surface area contributed by atoms with Gasteiger partial charge in [-0.15, -0.1) is 0 Å². The maximum Gasteiger partial charge on any atom is 0.407 e. The van der Waals surface area contributed by atoms with Crippen LogP contribution in [0.3, 0.4) is 0 Å². The standard InChI is InChI=1S/C9H10BrN3O2/c10-7-3-6-5-13(9(14)15)2-1-11-8(6)12-4-7/h3-4H,1-2,5H2,(H,11,12)(H,14,15). The quantitative estimate of drug-likeness (QED) is 0.755. The van der Waals surface area contributed by atoms with Crippen molar-refractivity contribution in [2.75, 3.05) is 18.4 Å². The van der Waals surface area contributed by atoms with Gasteiger partial charge in [0.2, 0.25) is 0 Å². The van der Waals surface area contributed by atoms with Gasteiger partial charge in [-0.3, -0.25) is 0 Å². The molecule has 0 unspecified atom stereocenters. The molecular formula is C9H10BrN3O2. The van der Waals surface area contributed by atoms with E-state index in [1.165, 1.54) is 4.90 Å². The maximum atomic E-state index is 10.9. The molecule has 0 saturated carbocycles. The van der Waals surface area contributed by atoms with Crippen molar-refractivity contribution in [3.05, 3.63) is 22.3 Å². The number of fused-ring (bicyclic) bond motifs is 1. The maximum absolute atomic E-state index is 10.9. The Morgan fingerprint density at radius 2 is 2.47 bits per heavy atom. The average Bonchev–Trinajstić information content (AvgIpc) is 2.39. The highest BCUT2D eigenvalue weighted by Crippen LogP contribution is 2.21. The van der Waals surface area contributed by atoms with Gasteiger partial charge in [0.1, 0.15) is 5.82 Å². The first kappa shape index (κ1) is 10.2. The molecule has 0 fully saturated rings. The molecule has 6 heteroatoms. The van der Waals surface area contributed by atoms with E-state index in [0.717, 1.165) is 15.9 Å². The van der Waals surface area contributed by atoms with Crippen LogP contribution >= 0.6 is 15.9 Å². The zero-order chi connectivity index (χ0) is 10.8. The lowest BCUT2D eigenvalue weighted by Gasteiger charge is -2.15. The van der Waals surface area contributed by atoms with Crippen molar-refractivity contribution in [1.82, 2.24) is 9.88 Å². The van der Waals surface area contributed by atoms with Gasteiger partial charge in [0.15, 0.2) is 0 Å². The number of carbonyl (C=O) groups is 1. The summed E-state index contributed by atoms with van der Waals surface area (Å²) in [7, 11) is 0. The first-order valence-electron chi connectivity index (χ1n) is 4.53. The number of halogens is 1. The number of hydrogen-bond acceptors (Lipinski definition) is 3. The number of amides is 1. The topological polar surface area (TPSA) is 65.5 Å². The van der Waals surface area contributed by atoms with Gasteiger partial charge in [-0.25, -0.2) is 9.78 Å². The second-order valence-corrected chi connectivity index (χ2v) is 4.21. The Kier molecular flexibility index (Phi) is 2.77. The van der Waals surface area contributed by atoms with Crippen molar-refractivity contribution in [3.8, 4) is 0 Å². The van der Waals surface area contributed by atoms with Crippen LogP contribution in [0.15, 0.2) is 16.7 Å². The Morgan fingerprint density at radius 1 is 1.67 bits per heavy atom. The van der Waals surface area contributed by atoms with E-state index in [4.69, 9.17) is 5.11 Å². The van der Waals surface area contributed by atoms with E-state index in [-0.39, 0.29) is 0 Å². The summed E-state index contributed by atoms with van der Waals surface area (Å²) in [6.45, 7) is 1.45. The molecule has 0 aromatic carbocycles. The summed E-state index contributed by atoms with van der Waals surface area (Å²) in [5, 5.41) is 12.0. The molecule has 1 aromatic heterocycles. The van der Waals surface area contributed by atoms with Crippen LogP contribution < -0.4 is 5.32 Å². The predicted molar refractivity (Wildman–Crippen MR) is 58.9 cm³/mol. The van der Waals surface area contributed by atoms with E-state index in [1.807, 2.05) is 6.07 Å². The van der Waals surface area contributed by atoms with E-state index in [1.54, 1.807) is 6.20 Å². The Hall–Kier alpha value is -1.30. The van der Waals surface area contributed by atoms with Crippen LogP contribution in [-0.2, 0) is 6.54 Å². The van der Waals surface area contributed by atoms with Crippen LogP contribution in [0.4, 0.5) is 10.6 Å². The van der Waals surface area contributed by atoms with Crippen LogP contribution in [0.5, 0.6) is 0 Å². The third kappa shape index (κ3) is 2.20. The Balaban J connectivity index is 2.31. The lowest BCUT2D eigenvalue weighted by Crippen LogP contribution is -2.31. The normalized spacial score (nSPS) is 15.1. The number of anilines is 1. The Labute approximate surface area is 95.2 Å². The number of pyridine rings is 1. The van der Waals surface area contributed by atoms with E-state index >= 15 is 0 Å². The molecule has 1 aliphatic heterocycles. The van der Waals surface area contributed by atoms with Crippen molar-refractivity contribution in [1.29, 1.82) is 0 Å². The molecular weight excluding hydrogens is 262 g/mol. The number of carboxylic acid groups (broad SMARTS) is 1. The van der Waals surface area contributed by atoms with Gasteiger partial charge in [0.05, 0.1) is 6.54 Å². The molecule has 0 saturated heterocycles. The fourth-order valence-electron chi connectivity index (χ4n) is 1.52. The first-order chi connectivity index (χ1) is 7.16. The molecule has 0 spiro atoms. The van der Waals surface area contributed by atoms with Crippen molar-refractivity contribution in [2.45, 2.75) is 6.54 Å². The largest absolute Gasteiger partial charge is 0.465 e. The summed E-state index contributed by atoms with van der Waals surface area (Å²) >= 11 is 3.32. The van der Waals surface area contributed by atoms with Gasteiger partial charge < -0.3 is 15.3 Å². The summed E-state index contributed by atoms with van der Waals surface area (Å²) in [6.07, 6.45) is 0.798. The number of hydrogen-bond donors (Lipinski definition) is 2. The zero-order valence-electron chi connectivity index (χ0n) is 7.90. The minimum absolute atomic E-state index is 0.379. The van der Waals surface area contributed by atoms with Gasteiger partial charge in [-0.05, 0) is 22.0 Å². The number of aromatic nitrogens is 1. The molecule has 1 aliphatic rings. The monoisotopic (exact) mass is 271 g/mol. The fraction of sp³-hybridized carbons (Fsp3) is 0.333. The third-order valence-electron chi connectivity index (χ3n) is 2.24. The van der Waals surface area contributed by atoms with Gasteiger partial charge in [-0.1, -0.05) is 0 Å². The zero-order valence-corrected chi connectivity index (χ0v) is 9.49. The third-order valence-corrected chi connectivity index (χ3v) is 2.67. The minimum atomic E-state index is -0.898. The highest BCUT2D eigenvalue weighted by molar-refractivity contribution is 9.10. The van der Waals surface area contributed by atoms with Crippen molar-refractivity contribution < 1.29 is 9.90 Å². The van der Waals surface area contributed by atoms with Crippen LogP contribution in [0.2, 0.25) is 0 Å². The van der Waals surface area contributed by atoms with Crippen LogP contribution in [0.25, 0.3) is 0 Å². The first-order valence-corrected chi connectivity index (χ1v) is 5.32. The number of nitrogens with one attached hydrogen (secondary N) is 1. The van der Waals surface area contributed by atoms with Crippen molar-refractivity contribution in [3.63, 3.8) is 0 Å². The molecule has 1 amide bonds. The summed E-state index contributed by atoms with van der Waals surface area (Å²) in [6, 6.07) is 1.89. The van der Waals surface area contributed by atoms with Crippen molar-refractivity contribution in [2.24, 2.45) is 0 Å². The summed E-state index contributed by atoms with van der Waals surface area (Å²) < 4.78 is 0.857. The second-order valence-electron chi connectivity index (χ2n) is 3.29. The second kappa shape index (κ2) is 4.06. The van der Waals surface area contributed by atoms with E-state index in [0.29, 0.717) is 19.6 Å². The molecule has 2 rings (SSSR count). The molecule has 2 N–H and O–H groups in total. The van der Waals surface area contributed by atoms with Gasteiger partial charge >= 0.3 is 6.09 Å². The predicted octanol–water partition coefficient (Wildman–Crippen LogP) is 1.75. The lowest BCUT2D eigenvalue weighted by molar-refractivity contribution is 0.145. The Morgan fingerprint density at radius 3 is 3.20 bits per heavy atom. The van der Waals surface area contributed by atoms with Crippen LogP contribution in [-0.4, -0.2) is 34.2 Å². The van der Waals surface area contributed by atoms with Gasteiger partial charge in [-0.2, -0.15) is 0 Å². The summed E-state index contributed by atoms with van der Waals surface area (Å²) in [4.78, 5) is 16.4. The minimum Gasteiger partial charge on any atom is -0.465 e. The summed E-state index contributed by atoms with van der Waals surface area (Å²) in [5.41, 5.74) is 0.893. The molecule has 15 heavy (non-hydrogen) atoms. The molecule has 0 aliphatic carbocycles. The Bertz CT molecular complexity index is 397. The van der Waals surface area contributed by atoms with E-state index < -0.39 is 6.09 Å². The molecule has 5 nitrogen and oxygen atoms in total. The number of nitrogens with zero attached hydrogens (tertiary/aromatic N) is 2. The molecule has 0 bridgehead atoms. The van der Waals surface area contributed by atoms with Gasteiger partial charge in [0.25, 0.3) is 0 Å². The molecule has 0 atom stereocenters. The fourth-order valence-corrected chi connectivity index (χ4v) is 1.90. The highest BCUT2D eigenvalue weighted by atomic mass is 79.9. The van der Waals surface area contributed by atoms with E-state index in [9.17, 15) is 4.79 Å². The molecule has 2 heterocycles. The molecule has 0 radical (unpaired) electrons. The molecule has 80 valence electrons. The SMILES string of the molecule is O=C(O)N1CCNc2ncc(Br)cc2C1.